The van der Waals surface area contributed by atoms with Crippen LogP contribution in [0.4, 0.5) is 20.6 Å². The van der Waals surface area contributed by atoms with Gasteiger partial charge >= 0.3 is 6.09 Å². The number of cyclic esters (lactones) is 1. The Morgan fingerprint density at radius 3 is 2.79 bits per heavy atom. The van der Waals surface area contributed by atoms with Gasteiger partial charge in [0.25, 0.3) is 0 Å². The van der Waals surface area contributed by atoms with Crippen molar-refractivity contribution in [2.24, 2.45) is 5.92 Å². The van der Waals surface area contributed by atoms with Gasteiger partial charge in [0.2, 0.25) is 0 Å². The summed E-state index contributed by atoms with van der Waals surface area (Å²) in [6.45, 7) is 5.40. The standard InChI is InChI=1S/C21H28FN3O4/c1-15(26)2-6-18-14-25(21(27)29-18)17-5-7-20(19(22)12-17)23-8-9-24(28-11-10-23)13-16-3-4-16/h5,7,12,16,18H,2-4,6,8-11,13-14H2,1H3/t18-/m0/s1. The van der Waals surface area contributed by atoms with Crippen molar-refractivity contribution in [3.05, 3.63) is 24.0 Å². The van der Waals surface area contributed by atoms with Crippen LogP contribution < -0.4 is 9.80 Å². The molecule has 1 saturated carbocycles. The van der Waals surface area contributed by atoms with E-state index in [2.05, 4.69) is 0 Å². The van der Waals surface area contributed by atoms with Crippen LogP contribution in [-0.4, -0.2) is 62.4 Å². The van der Waals surface area contributed by atoms with E-state index in [4.69, 9.17) is 9.57 Å². The van der Waals surface area contributed by atoms with Crippen LogP contribution in [-0.2, 0) is 14.4 Å². The first-order valence-electron chi connectivity index (χ1n) is 10.4. The van der Waals surface area contributed by atoms with E-state index in [1.165, 1.54) is 30.7 Å². The van der Waals surface area contributed by atoms with E-state index < -0.39 is 6.09 Å². The summed E-state index contributed by atoms with van der Waals surface area (Å²) in [5.74, 6) is 0.446. The predicted octanol–water partition coefficient (Wildman–Crippen LogP) is 2.98. The Kier molecular flexibility index (Phi) is 6.01. The fourth-order valence-electron chi connectivity index (χ4n) is 3.83. The fourth-order valence-corrected chi connectivity index (χ4v) is 3.83. The van der Waals surface area contributed by atoms with E-state index in [1.807, 2.05) is 9.96 Å². The molecule has 1 amide bonds. The highest BCUT2D eigenvalue weighted by atomic mass is 19.1. The van der Waals surface area contributed by atoms with Gasteiger partial charge in [-0.3, -0.25) is 9.74 Å². The third-order valence-electron chi connectivity index (χ3n) is 5.69. The van der Waals surface area contributed by atoms with Crippen molar-refractivity contribution in [3.8, 4) is 0 Å². The molecule has 8 heteroatoms. The Morgan fingerprint density at radius 2 is 2.07 bits per heavy atom. The number of hydrogen-bond donors (Lipinski definition) is 0. The second-order valence-electron chi connectivity index (χ2n) is 8.14. The van der Waals surface area contributed by atoms with Crippen molar-refractivity contribution in [3.63, 3.8) is 0 Å². The second kappa shape index (κ2) is 8.67. The summed E-state index contributed by atoms with van der Waals surface area (Å²) in [5.41, 5.74) is 0.995. The number of benzene rings is 1. The summed E-state index contributed by atoms with van der Waals surface area (Å²) in [7, 11) is 0. The number of Topliss-reactive ketones (excluding diaryl/α,β-unsaturated/α-hetero) is 1. The Hall–Kier alpha value is -2.19. The third-order valence-corrected chi connectivity index (χ3v) is 5.69. The molecular formula is C21H28FN3O4. The first-order chi connectivity index (χ1) is 14.0. The highest BCUT2D eigenvalue weighted by Crippen LogP contribution is 2.31. The van der Waals surface area contributed by atoms with Crippen LogP contribution in [0, 0.1) is 11.7 Å². The van der Waals surface area contributed by atoms with Crippen LogP contribution >= 0.6 is 0 Å². The van der Waals surface area contributed by atoms with Gasteiger partial charge in [-0.2, -0.15) is 5.06 Å². The van der Waals surface area contributed by atoms with Gasteiger partial charge in [0.05, 0.1) is 24.5 Å². The van der Waals surface area contributed by atoms with Gasteiger partial charge in [-0.1, -0.05) is 0 Å². The summed E-state index contributed by atoms with van der Waals surface area (Å²) in [5, 5.41) is 2.01. The number of carbonyl (C=O) groups is 2. The van der Waals surface area contributed by atoms with Crippen LogP contribution in [0.15, 0.2) is 18.2 Å². The smallest absolute Gasteiger partial charge is 0.414 e. The van der Waals surface area contributed by atoms with Crippen LogP contribution in [0.5, 0.6) is 0 Å². The van der Waals surface area contributed by atoms with Crippen LogP contribution in [0.2, 0.25) is 0 Å². The minimum absolute atomic E-state index is 0.0621. The lowest BCUT2D eigenvalue weighted by Gasteiger charge is -2.24. The molecule has 3 aliphatic rings. The number of rotatable bonds is 7. The molecule has 2 saturated heterocycles. The molecule has 1 aromatic rings. The van der Waals surface area contributed by atoms with Crippen LogP contribution in [0.3, 0.4) is 0 Å². The number of halogens is 1. The highest BCUT2D eigenvalue weighted by Gasteiger charge is 2.33. The highest BCUT2D eigenvalue weighted by molar-refractivity contribution is 5.90. The number of ketones is 1. The van der Waals surface area contributed by atoms with Crippen molar-refractivity contribution in [1.82, 2.24) is 5.06 Å². The van der Waals surface area contributed by atoms with Gasteiger partial charge in [0.15, 0.2) is 0 Å². The van der Waals surface area contributed by atoms with E-state index in [-0.39, 0.29) is 17.7 Å². The maximum absolute atomic E-state index is 14.9. The van der Waals surface area contributed by atoms with Crippen LogP contribution in [0.25, 0.3) is 0 Å². The summed E-state index contributed by atoms with van der Waals surface area (Å²) in [6, 6.07) is 4.86. The SMILES string of the molecule is CC(=O)CC[C@H]1CN(c2ccc(N3CCON(CC4CC4)CC3)c(F)c2)C(=O)O1. The molecule has 1 atom stereocenters. The van der Waals surface area contributed by atoms with Crippen molar-refractivity contribution in [1.29, 1.82) is 0 Å². The molecule has 3 fully saturated rings. The quantitative estimate of drug-likeness (QED) is 0.695. The zero-order chi connectivity index (χ0) is 20.4. The predicted molar refractivity (Wildman–Crippen MR) is 106 cm³/mol. The zero-order valence-electron chi connectivity index (χ0n) is 16.8. The van der Waals surface area contributed by atoms with Gasteiger partial charge < -0.3 is 14.4 Å². The Bertz CT molecular complexity index is 770. The maximum atomic E-state index is 14.9. The molecule has 2 heterocycles. The van der Waals surface area contributed by atoms with Crippen molar-refractivity contribution in [2.75, 3.05) is 49.1 Å². The van der Waals surface area contributed by atoms with Gasteiger partial charge in [-0.25, -0.2) is 9.18 Å². The molecule has 0 unspecified atom stereocenters. The molecule has 29 heavy (non-hydrogen) atoms. The minimum Gasteiger partial charge on any atom is -0.444 e. The van der Waals surface area contributed by atoms with Gasteiger partial charge in [0, 0.05) is 32.6 Å². The number of anilines is 2. The number of hydroxylamine groups is 2. The monoisotopic (exact) mass is 405 g/mol. The Labute approximate surface area is 170 Å². The Morgan fingerprint density at radius 1 is 1.24 bits per heavy atom. The zero-order valence-corrected chi connectivity index (χ0v) is 16.8. The molecular weight excluding hydrogens is 377 g/mol. The molecule has 0 radical (unpaired) electrons. The van der Waals surface area contributed by atoms with Crippen LogP contribution in [0.1, 0.15) is 32.6 Å². The molecule has 1 aliphatic carbocycles. The molecule has 0 N–H and O–H groups in total. The minimum atomic E-state index is -0.496. The summed E-state index contributed by atoms with van der Waals surface area (Å²) < 4.78 is 20.2. The first-order valence-corrected chi connectivity index (χ1v) is 10.4. The molecule has 4 rings (SSSR count). The topological polar surface area (TPSA) is 62.3 Å². The lowest BCUT2D eigenvalue weighted by molar-refractivity contribution is -0.150. The van der Waals surface area contributed by atoms with Gasteiger partial charge in [0.1, 0.15) is 17.7 Å². The number of hydrogen-bond acceptors (Lipinski definition) is 6. The largest absolute Gasteiger partial charge is 0.444 e. The molecule has 158 valence electrons. The van der Waals surface area contributed by atoms with E-state index in [9.17, 15) is 14.0 Å². The van der Waals surface area contributed by atoms with Gasteiger partial charge in [-0.05, 0) is 50.3 Å². The number of nitrogens with zero attached hydrogens (tertiary/aromatic N) is 3. The van der Waals surface area contributed by atoms with E-state index in [1.54, 1.807) is 12.1 Å². The molecule has 0 spiro atoms. The molecule has 1 aromatic carbocycles. The van der Waals surface area contributed by atoms with Gasteiger partial charge in [-0.15, -0.1) is 0 Å². The number of carbonyl (C=O) groups excluding carboxylic acids is 2. The van der Waals surface area contributed by atoms with E-state index in [0.717, 1.165) is 19.0 Å². The first kappa shape index (κ1) is 20.1. The van der Waals surface area contributed by atoms with Crippen molar-refractivity contribution < 1.29 is 23.6 Å². The Balaban J connectivity index is 1.38. The van der Waals surface area contributed by atoms with Crippen molar-refractivity contribution in [2.45, 2.75) is 38.7 Å². The average molecular weight is 405 g/mol. The van der Waals surface area contributed by atoms with E-state index in [0.29, 0.717) is 50.5 Å². The van der Waals surface area contributed by atoms with Crippen molar-refractivity contribution >= 4 is 23.3 Å². The average Bonchev–Trinajstić information content (AvgIpc) is 3.46. The number of ether oxygens (including phenoxy) is 1. The lowest BCUT2D eigenvalue weighted by Crippen LogP contribution is -2.32. The fraction of sp³-hybridized carbons (Fsp3) is 0.619. The maximum Gasteiger partial charge on any atom is 0.414 e. The number of amides is 1. The second-order valence-corrected chi connectivity index (χ2v) is 8.14. The summed E-state index contributed by atoms with van der Waals surface area (Å²) >= 11 is 0. The summed E-state index contributed by atoms with van der Waals surface area (Å²) in [4.78, 5) is 32.5. The molecule has 0 aromatic heterocycles. The molecule has 7 nitrogen and oxygen atoms in total. The molecule has 0 bridgehead atoms. The summed E-state index contributed by atoms with van der Waals surface area (Å²) in [6.07, 6.45) is 2.57. The normalized spacial score (nSPS) is 23.2. The lowest BCUT2D eigenvalue weighted by atomic mass is 10.1. The molecule has 2 aliphatic heterocycles. The van der Waals surface area contributed by atoms with E-state index >= 15 is 0 Å². The third kappa shape index (κ3) is 5.05.